The highest BCUT2D eigenvalue weighted by Gasteiger charge is 2.24. The summed E-state index contributed by atoms with van der Waals surface area (Å²) >= 11 is 5.94. The van der Waals surface area contributed by atoms with Crippen molar-refractivity contribution in [3.8, 4) is 0 Å². The summed E-state index contributed by atoms with van der Waals surface area (Å²) in [4.78, 5) is 26.1. The first-order chi connectivity index (χ1) is 11.4. The molecule has 0 fully saturated rings. The smallest absolute Gasteiger partial charge is 0.249 e. The second-order valence-electron chi connectivity index (χ2n) is 5.52. The van der Waals surface area contributed by atoms with E-state index in [2.05, 4.69) is 5.32 Å². The second kappa shape index (κ2) is 7.93. The highest BCUT2D eigenvalue weighted by Crippen LogP contribution is 2.20. The molecule has 2 aromatic carbocycles. The van der Waals surface area contributed by atoms with E-state index in [4.69, 9.17) is 11.6 Å². The molecule has 2 amide bonds. The molecular weight excluding hydrogens is 331 g/mol. The number of carbonyl (C=O) groups excluding carboxylic acids is 2. The van der Waals surface area contributed by atoms with Gasteiger partial charge in [0.2, 0.25) is 11.8 Å². The standard InChI is InChI=1S/C18H18ClFN2O2/c1-22(2)18(24)17(12-7-4-3-5-8-12)21-16(23)11-13-14(19)9-6-10-15(13)20/h3-10,17H,11H2,1-2H3,(H,21,23). The van der Waals surface area contributed by atoms with Gasteiger partial charge in [0.25, 0.3) is 0 Å². The van der Waals surface area contributed by atoms with E-state index in [0.29, 0.717) is 5.56 Å². The van der Waals surface area contributed by atoms with Gasteiger partial charge in [0.15, 0.2) is 0 Å². The van der Waals surface area contributed by atoms with Crippen LogP contribution in [-0.2, 0) is 16.0 Å². The van der Waals surface area contributed by atoms with E-state index in [1.54, 1.807) is 38.4 Å². The van der Waals surface area contributed by atoms with Crippen LogP contribution >= 0.6 is 11.6 Å². The first-order valence-corrected chi connectivity index (χ1v) is 7.76. The second-order valence-corrected chi connectivity index (χ2v) is 5.93. The third-order valence-corrected chi connectivity index (χ3v) is 3.88. The molecule has 1 N–H and O–H groups in total. The van der Waals surface area contributed by atoms with E-state index in [0.717, 1.165) is 0 Å². The van der Waals surface area contributed by atoms with E-state index >= 15 is 0 Å². The molecule has 0 saturated carbocycles. The van der Waals surface area contributed by atoms with E-state index in [-0.39, 0.29) is 22.9 Å². The average molecular weight is 349 g/mol. The molecule has 0 bridgehead atoms. The minimum atomic E-state index is -0.834. The number of likely N-dealkylation sites (N-methyl/N-ethyl adjacent to an activating group) is 1. The summed E-state index contributed by atoms with van der Waals surface area (Å²) in [6.07, 6.45) is -0.241. The fourth-order valence-corrected chi connectivity index (χ4v) is 2.49. The Balaban J connectivity index is 2.20. The van der Waals surface area contributed by atoms with Gasteiger partial charge in [0.1, 0.15) is 11.9 Å². The fourth-order valence-electron chi connectivity index (χ4n) is 2.27. The molecular formula is C18H18ClFN2O2. The lowest BCUT2D eigenvalue weighted by atomic mass is 10.0. The van der Waals surface area contributed by atoms with Gasteiger partial charge in [-0.2, -0.15) is 0 Å². The lowest BCUT2D eigenvalue weighted by molar-refractivity contribution is -0.134. The number of amides is 2. The fraction of sp³-hybridized carbons (Fsp3) is 0.222. The number of hydrogen-bond acceptors (Lipinski definition) is 2. The summed E-state index contributed by atoms with van der Waals surface area (Å²) in [5, 5.41) is 2.84. The minimum Gasteiger partial charge on any atom is -0.347 e. The Hall–Kier alpha value is -2.40. The molecule has 126 valence electrons. The van der Waals surface area contributed by atoms with Crippen LogP contribution in [0.1, 0.15) is 17.2 Å². The van der Waals surface area contributed by atoms with Crippen LogP contribution in [0.25, 0.3) is 0 Å². The van der Waals surface area contributed by atoms with Crippen LogP contribution in [0.5, 0.6) is 0 Å². The zero-order valence-corrected chi connectivity index (χ0v) is 14.2. The van der Waals surface area contributed by atoms with Crippen molar-refractivity contribution in [3.05, 3.63) is 70.5 Å². The number of halogens is 2. The van der Waals surface area contributed by atoms with Gasteiger partial charge in [-0.25, -0.2) is 4.39 Å². The third kappa shape index (κ3) is 4.32. The first kappa shape index (κ1) is 17.9. The van der Waals surface area contributed by atoms with Crippen LogP contribution < -0.4 is 5.32 Å². The van der Waals surface area contributed by atoms with Crippen molar-refractivity contribution in [2.45, 2.75) is 12.5 Å². The third-order valence-electron chi connectivity index (χ3n) is 3.52. The maximum Gasteiger partial charge on any atom is 0.249 e. The van der Waals surface area contributed by atoms with Crippen molar-refractivity contribution in [2.75, 3.05) is 14.1 Å². The Morgan fingerprint density at radius 2 is 1.79 bits per heavy atom. The zero-order valence-electron chi connectivity index (χ0n) is 13.4. The predicted molar refractivity (Wildman–Crippen MR) is 91.1 cm³/mol. The lowest BCUT2D eigenvalue weighted by Gasteiger charge is -2.22. The van der Waals surface area contributed by atoms with E-state index < -0.39 is 17.8 Å². The molecule has 2 aromatic rings. The molecule has 0 heterocycles. The molecule has 0 radical (unpaired) electrons. The molecule has 24 heavy (non-hydrogen) atoms. The number of nitrogens with one attached hydrogen (secondary N) is 1. The summed E-state index contributed by atoms with van der Waals surface area (Å²) < 4.78 is 13.8. The Labute approximate surface area is 145 Å². The van der Waals surface area contributed by atoms with Gasteiger partial charge in [-0.15, -0.1) is 0 Å². The zero-order chi connectivity index (χ0) is 17.7. The molecule has 6 heteroatoms. The average Bonchev–Trinajstić information content (AvgIpc) is 2.56. The quantitative estimate of drug-likeness (QED) is 0.903. The molecule has 0 aliphatic carbocycles. The minimum absolute atomic E-state index is 0.112. The van der Waals surface area contributed by atoms with Crippen LogP contribution in [0.3, 0.4) is 0 Å². The molecule has 1 atom stereocenters. The normalized spacial score (nSPS) is 11.7. The molecule has 2 rings (SSSR count). The SMILES string of the molecule is CN(C)C(=O)C(NC(=O)Cc1c(F)cccc1Cl)c1ccccc1. The summed E-state index contributed by atoms with van der Waals surface area (Å²) in [7, 11) is 3.22. The molecule has 0 aromatic heterocycles. The van der Waals surface area contributed by atoms with E-state index in [9.17, 15) is 14.0 Å². The van der Waals surface area contributed by atoms with Gasteiger partial charge in [-0.1, -0.05) is 48.0 Å². The molecule has 0 spiro atoms. The molecule has 0 aliphatic rings. The lowest BCUT2D eigenvalue weighted by Crippen LogP contribution is -2.40. The molecule has 0 saturated heterocycles. The van der Waals surface area contributed by atoms with Crippen LogP contribution in [0, 0.1) is 5.82 Å². The summed E-state index contributed by atoms with van der Waals surface area (Å²) in [5.41, 5.74) is 0.768. The summed E-state index contributed by atoms with van der Waals surface area (Å²) in [6.45, 7) is 0. The van der Waals surface area contributed by atoms with Crippen molar-refractivity contribution >= 4 is 23.4 Å². The Morgan fingerprint density at radius 1 is 1.12 bits per heavy atom. The summed E-state index contributed by atoms with van der Waals surface area (Å²) in [6, 6.07) is 12.3. The van der Waals surface area contributed by atoms with Crippen LogP contribution in [0.15, 0.2) is 48.5 Å². The number of hydrogen-bond donors (Lipinski definition) is 1. The highest BCUT2D eigenvalue weighted by atomic mass is 35.5. The van der Waals surface area contributed by atoms with Gasteiger partial charge in [0.05, 0.1) is 6.42 Å². The van der Waals surface area contributed by atoms with Gasteiger partial charge >= 0.3 is 0 Å². The molecule has 1 unspecified atom stereocenters. The van der Waals surface area contributed by atoms with Gasteiger partial charge in [-0.3, -0.25) is 9.59 Å². The number of rotatable bonds is 5. The van der Waals surface area contributed by atoms with Crippen LogP contribution in [-0.4, -0.2) is 30.8 Å². The van der Waals surface area contributed by atoms with Gasteiger partial charge in [-0.05, 0) is 17.7 Å². The number of nitrogens with zero attached hydrogens (tertiary/aromatic N) is 1. The van der Waals surface area contributed by atoms with Gasteiger partial charge in [0, 0.05) is 24.7 Å². The molecule has 4 nitrogen and oxygen atoms in total. The molecule has 0 aliphatic heterocycles. The van der Waals surface area contributed by atoms with E-state index in [1.165, 1.54) is 23.1 Å². The Bertz CT molecular complexity index is 715. The summed E-state index contributed by atoms with van der Waals surface area (Å²) in [5.74, 6) is -1.30. The largest absolute Gasteiger partial charge is 0.347 e. The van der Waals surface area contributed by atoms with E-state index in [1.807, 2.05) is 6.07 Å². The Morgan fingerprint density at radius 3 is 2.38 bits per heavy atom. The maximum atomic E-state index is 13.8. The van der Waals surface area contributed by atoms with Crippen molar-refractivity contribution in [1.29, 1.82) is 0 Å². The van der Waals surface area contributed by atoms with Crippen molar-refractivity contribution in [1.82, 2.24) is 10.2 Å². The number of benzene rings is 2. The Kier molecular flexibility index (Phi) is 5.93. The predicted octanol–water partition coefficient (Wildman–Crippen LogP) is 2.97. The van der Waals surface area contributed by atoms with Gasteiger partial charge < -0.3 is 10.2 Å². The van der Waals surface area contributed by atoms with Crippen LogP contribution in [0.2, 0.25) is 5.02 Å². The first-order valence-electron chi connectivity index (χ1n) is 7.38. The van der Waals surface area contributed by atoms with Crippen LogP contribution in [0.4, 0.5) is 4.39 Å². The highest BCUT2D eigenvalue weighted by molar-refractivity contribution is 6.31. The maximum absolute atomic E-state index is 13.8. The monoisotopic (exact) mass is 348 g/mol. The van der Waals surface area contributed by atoms with Crippen molar-refractivity contribution in [3.63, 3.8) is 0 Å². The van der Waals surface area contributed by atoms with Crippen molar-refractivity contribution in [2.24, 2.45) is 0 Å². The number of carbonyl (C=O) groups is 2. The van der Waals surface area contributed by atoms with Crippen molar-refractivity contribution < 1.29 is 14.0 Å². The topological polar surface area (TPSA) is 49.4 Å².